The van der Waals surface area contributed by atoms with Gasteiger partial charge < -0.3 is 10.1 Å². The zero-order valence-electron chi connectivity index (χ0n) is 12.0. The number of alkyl halides is 3. The van der Waals surface area contributed by atoms with Gasteiger partial charge in [0, 0.05) is 6.54 Å². The molecule has 0 fully saturated rings. The molecule has 116 valence electrons. The van der Waals surface area contributed by atoms with E-state index in [-0.39, 0.29) is 12.5 Å². The molecule has 0 aromatic heterocycles. The number of aryl methyl sites for hydroxylation is 2. The second-order valence-electron chi connectivity index (χ2n) is 5.30. The molecule has 1 aromatic carbocycles. The molecule has 6 heteroatoms. The van der Waals surface area contributed by atoms with Crippen molar-refractivity contribution in [1.82, 2.24) is 5.32 Å². The van der Waals surface area contributed by atoms with Crippen LogP contribution in [-0.2, 0) is 11.2 Å². The Morgan fingerprint density at radius 3 is 2.76 bits per heavy atom. The average Bonchev–Trinajstić information content (AvgIpc) is 2.78. The van der Waals surface area contributed by atoms with Crippen LogP contribution < -0.4 is 10.1 Å². The maximum Gasteiger partial charge on any atom is 0.471 e. The van der Waals surface area contributed by atoms with E-state index < -0.39 is 12.1 Å². The highest BCUT2D eigenvalue weighted by atomic mass is 19.4. The fraction of sp³-hybridized carbons (Fsp3) is 0.533. The molecule has 0 saturated heterocycles. The fourth-order valence-electron chi connectivity index (χ4n) is 2.83. The van der Waals surface area contributed by atoms with Crippen LogP contribution in [0, 0.1) is 6.92 Å². The van der Waals surface area contributed by atoms with E-state index in [1.54, 1.807) is 7.11 Å². The predicted octanol–water partition coefficient (Wildman–Crippen LogP) is 3.10. The summed E-state index contributed by atoms with van der Waals surface area (Å²) >= 11 is 0. The first-order chi connectivity index (χ1) is 9.82. The number of rotatable bonds is 4. The fourth-order valence-corrected chi connectivity index (χ4v) is 2.83. The lowest BCUT2D eigenvalue weighted by molar-refractivity contribution is -0.173. The van der Waals surface area contributed by atoms with Gasteiger partial charge in [0.25, 0.3) is 0 Å². The molecule has 1 aromatic rings. The van der Waals surface area contributed by atoms with Crippen molar-refractivity contribution < 1.29 is 22.7 Å². The summed E-state index contributed by atoms with van der Waals surface area (Å²) in [4.78, 5) is 10.8. The van der Waals surface area contributed by atoms with Crippen molar-refractivity contribution in [2.75, 3.05) is 13.7 Å². The van der Waals surface area contributed by atoms with E-state index in [1.807, 2.05) is 18.3 Å². The minimum Gasteiger partial charge on any atom is -0.496 e. The third-order valence-corrected chi connectivity index (χ3v) is 3.89. The maximum atomic E-state index is 12.1. The third kappa shape index (κ3) is 3.49. The SMILES string of the molecule is COc1cc2c(cc1C)CCC2CCNC(=O)C(F)(F)F. The Hall–Kier alpha value is -1.72. The predicted molar refractivity (Wildman–Crippen MR) is 72.5 cm³/mol. The van der Waals surface area contributed by atoms with Gasteiger partial charge in [0.1, 0.15) is 5.75 Å². The molecular formula is C15H18F3NO2. The van der Waals surface area contributed by atoms with Crippen LogP contribution in [0.25, 0.3) is 0 Å². The number of fused-ring (bicyclic) bond motifs is 1. The van der Waals surface area contributed by atoms with E-state index in [1.165, 1.54) is 5.56 Å². The summed E-state index contributed by atoms with van der Waals surface area (Å²) < 4.78 is 41.6. The molecule has 0 saturated carbocycles. The van der Waals surface area contributed by atoms with Gasteiger partial charge in [0.2, 0.25) is 0 Å². The maximum absolute atomic E-state index is 12.1. The number of nitrogens with one attached hydrogen (secondary N) is 1. The summed E-state index contributed by atoms with van der Waals surface area (Å²) in [5.74, 6) is -0.912. The average molecular weight is 301 g/mol. The molecule has 0 bridgehead atoms. The van der Waals surface area contributed by atoms with Gasteiger partial charge >= 0.3 is 12.1 Å². The third-order valence-electron chi connectivity index (χ3n) is 3.89. The van der Waals surface area contributed by atoms with Crippen LogP contribution in [0.2, 0.25) is 0 Å². The van der Waals surface area contributed by atoms with Crippen molar-refractivity contribution in [3.8, 4) is 5.75 Å². The van der Waals surface area contributed by atoms with Gasteiger partial charge in [-0.2, -0.15) is 13.2 Å². The van der Waals surface area contributed by atoms with E-state index in [0.29, 0.717) is 6.42 Å². The van der Waals surface area contributed by atoms with Crippen LogP contribution in [-0.4, -0.2) is 25.7 Å². The van der Waals surface area contributed by atoms with Crippen molar-refractivity contribution in [1.29, 1.82) is 0 Å². The Kier molecular flexibility index (Phi) is 4.44. The topological polar surface area (TPSA) is 38.3 Å². The van der Waals surface area contributed by atoms with Crippen LogP contribution in [0.5, 0.6) is 5.75 Å². The van der Waals surface area contributed by atoms with Gasteiger partial charge in [-0.05, 0) is 54.9 Å². The molecule has 1 aliphatic rings. The zero-order valence-corrected chi connectivity index (χ0v) is 12.0. The highest BCUT2D eigenvalue weighted by molar-refractivity contribution is 5.81. The molecule has 1 N–H and O–H groups in total. The van der Waals surface area contributed by atoms with Crippen LogP contribution in [0.1, 0.15) is 35.4 Å². The molecule has 1 unspecified atom stereocenters. The number of methoxy groups -OCH3 is 1. The molecule has 1 atom stereocenters. The first kappa shape index (κ1) is 15.7. The van der Waals surface area contributed by atoms with Crippen molar-refractivity contribution in [2.24, 2.45) is 0 Å². The Morgan fingerprint density at radius 1 is 1.43 bits per heavy atom. The molecule has 1 amide bonds. The number of benzene rings is 1. The number of carbonyl (C=O) groups excluding carboxylic acids is 1. The van der Waals surface area contributed by atoms with Crippen molar-refractivity contribution in [3.05, 3.63) is 28.8 Å². The van der Waals surface area contributed by atoms with Gasteiger partial charge in [-0.25, -0.2) is 0 Å². The van der Waals surface area contributed by atoms with E-state index in [9.17, 15) is 18.0 Å². The van der Waals surface area contributed by atoms with Crippen LogP contribution in [0.3, 0.4) is 0 Å². The van der Waals surface area contributed by atoms with Crippen LogP contribution in [0.15, 0.2) is 12.1 Å². The Balaban J connectivity index is 1.98. The minimum atomic E-state index is -4.81. The van der Waals surface area contributed by atoms with E-state index in [4.69, 9.17) is 4.74 Å². The second kappa shape index (κ2) is 5.95. The monoisotopic (exact) mass is 301 g/mol. The number of amides is 1. The van der Waals surface area contributed by atoms with Gasteiger partial charge in [-0.1, -0.05) is 6.07 Å². The molecule has 21 heavy (non-hydrogen) atoms. The molecule has 2 rings (SSSR count). The van der Waals surface area contributed by atoms with Crippen LogP contribution in [0.4, 0.5) is 13.2 Å². The smallest absolute Gasteiger partial charge is 0.471 e. The molecule has 0 spiro atoms. The summed E-state index contributed by atoms with van der Waals surface area (Å²) in [6.07, 6.45) is -2.50. The summed E-state index contributed by atoms with van der Waals surface area (Å²) in [6, 6.07) is 4.04. The van der Waals surface area contributed by atoms with Gasteiger partial charge in [-0.3, -0.25) is 4.79 Å². The first-order valence-electron chi connectivity index (χ1n) is 6.85. The lowest BCUT2D eigenvalue weighted by atomic mass is 9.96. The summed E-state index contributed by atoms with van der Waals surface area (Å²) in [6.45, 7) is 1.99. The molecule has 1 aliphatic carbocycles. The van der Waals surface area contributed by atoms with Crippen LogP contribution >= 0.6 is 0 Å². The molecule has 0 radical (unpaired) electrons. The quantitative estimate of drug-likeness (QED) is 0.928. The highest BCUT2D eigenvalue weighted by Crippen LogP contribution is 2.38. The van der Waals surface area contributed by atoms with E-state index in [2.05, 4.69) is 6.07 Å². The standard InChI is InChI=1S/C15H18F3NO2/c1-9-7-11-4-3-10(12(11)8-13(9)21-2)5-6-19-14(20)15(16,17)18/h7-8,10H,3-6H2,1-2H3,(H,19,20). The molecular weight excluding hydrogens is 283 g/mol. The van der Waals surface area contributed by atoms with Gasteiger partial charge in [0.15, 0.2) is 0 Å². The number of carbonyl (C=O) groups is 1. The lowest BCUT2D eigenvalue weighted by Gasteiger charge is -2.15. The zero-order chi connectivity index (χ0) is 15.6. The molecule has 0 aliphatic heterocycles. The Morgan fingerprint density at radius 2 is 2.14 bits per heavy atom. The Bertz CT molecular complexity index is 540. The number of halogens is 3. The Labute approximate surface area is 121 Å². The normalized spacial score (nSPS) is 17.5. The molecule has 3 nitrogen and oxygen atoms in total. The second-order valence-corrected chi connectivity index (χ2v) is 5.30. The van der Waals surface area contributed by atoms with Crippen molar-refractivity contribution in [2.45, 2.75) is 38.3 Å². The summed E-state index contributed by atoms with van der Waals surface area (Å²) in [7, 11) is 1.60. The van der Waals surface area contributed by atoms with Gasteiger partial charge in [0.05, 0.1) is 7.11 Å². The van der Waals surface area contributed by atoms with Crippen molar-refractivity contribution >= 4 is 5.91 Å². The summed E-state index contributed by atoms with van der Waals surface area (Å²) in [5.41, 5.74) is 3.40. The number of ether oxygens (including phenoxy) is 1. The summed E-state index contributed by atoms with van der Waals surface area (Å²) in [5, 5.41) is 1.93. The first-order valence-corrected chi connectivity index (χ1v) is 6.85. The number of hydrogen-bond donors (Lipinski definition) is 1. The largest absolute Gasteiger partial charge is 0.496 e. The number of hydrogen-bond acceptors (Lipinski definition) is 2. The lowest BCUT2D eigenvalue weighted by Crippen LogP contribution is -2.37. The van der Waals surface area contributed by atoms with Gasteiger partial charge in [-0.15, -0.1) is 0 Å². The highest BCUT2D eigenvalue weighted by Gasteiger charge is 2.38. The van der Waals surface area contributed by atoms with E-state index >= 15 is 0 Å². The van der Waals surface area contributed by atoms with Crippen molar-refractivity contribution in [3.63, 3.8) is 0 Å². The molecule has 0 heterocycles. The van der Waals surface area contributed by atoms with E-state index in [0.717, 1.165) is 29.7 Å². The minimum absolute atomic E-state index is 0.0264.